The van der Waals surface area contributed by atoms with Gasteiger partial charge in [0.15, 0.2) is 0 Å². The van der Waals surface area contributed by atoms with E-state index in [1.54, 1.807) is 6.92 Å². The molecule has 5 nitrogen and oxygen atoms in total. The standard InChI is InChI=1S/C16H21NO4/c1-5-20-14(18)12-10-17(15(19)21-16(2,3)4)13-9-7-6-8-11(12)13/h6-9,12H,5,10H2,1-4H3. The zero-order valence-corrected chi connectivity index (χ0v) is 12.9. The van der Waals surface area contributed by atoms with E-state index in [1.165, 1.54) is 4.90 Å². The SMILES string of the molecule is CCOC(=O)C1CN(C(=O)OC(C)(C)C)c2ccccc21. The van der Waals surface area contributed by atoms with Crippen molar-refractivity contribution >= 4 is 17.7 Å². The van der Waals surface area contributed by atoms with Crippen molar-refractivity contribution in [3.63, 3.8) is 0 Å². The number of fused-ring (bicyclic) bond motifs is 1. The van der Waals surface area contributed by atoms with Gasteiger partial charge in [-0.1, -0.05) is 18.2 Å². The topological polar surface area (TPSA) is 55.8 Å². The van der Waals surface area contributed by atoms with E-state index in [4.69, 9.17) is 9.47 Å². The fourth-order valence-corrected chi connectivity index (χ4v) is 2.34. The first kappa shape index (κ1) is 15.4. The maximum absolute atomic E-state index is 12.3. The minimum Gasteiger partial charge on any atom is -0.465 e. The van der Waals surface area contributed by atoms with Gasteiger partial charge in [0.1, 0.15) is 11.5 Å². The van der Waals surface area contributed by atoms with Crippen LogP contribution in [0.2, 0.25) is 0 Å². The van der Waals surface area contributed by atoms with Crippen LogP contribution in [-0.4, -0.2) is 30.8 Å². The third-order valence-electron chi connectivity index (χ3n) is 3.15. The van der Waals surface area contributed by atoms with Crippen LogP contribution in [0.15, 0.2) is 24.3 Å². The van der Waals surface area contributed by atoms with Gasteiger partial charge in [-0.15, -0.1) is 0 Å². The fraction of sp³-hybridized carbons (Fsp3) is 0.500. The molecule has 1 aliphatic rings. The highest BCUT2D eigenvalue weighted by molar-refractivity contribution is 5.95. The van der Waals surface area contributed by atoms with Crippen LogP contribution >= 0.6 is 0 Å². The van der Waals surface area contributed by atoms with Gasteiger partial charge in [-0.2, -0.15) is 0 Å². The summed E-state index contributed by atoms with van der Waals surface area (Å²) in [5, 5.41) is 0. The summed E-state index contributed by atoms with van der Waals surface area (Å²) in [6.45, 7) is 7.79. The molecule has 0 saturated heterocycles. The second kappa shape index (κ2) is 5.76. The van der Waals surface area contributed by atoms with Crippen molar-refractivity contribution in [1.29, 1.82) is 0 Å². The van der Waals surface area contributed by atoms with Crippen molar-refractivity contribution in [1.82, 2.24) is 0 Å². The maximum atomic E-state index is 12.3. The van der Waals surface area contributed by atoms with Gasteiger partial charge in [0.2, 0.25) is 0 Å². The van der Waals surface area contributed by atoms with Crippen molar-refractivity contribution in [3.05, 3.63) is 29.8 Å². The van der Waals surface area contributed by atoms with Crippen molar-refractivity contribution in [2.75, 3.05) is 18.1 Å². The molecule has 21 heavy (non-hydrogen) atoms. The number of carbonyl (C=O) groups is 2. The predicted octanol–water partition coefficient (Wildman–Crippen LogP) is 3.09. The summed E-state index contributed by atoms with van der Waals surface area (Å²) in [4.78, 5) is 25.9. The van der Waals surface area contributed by atoms with Gasteiger partial charge in [-0.3, -0.25) is 9.69 Å². The Morgan fingerprint density at radius 3 is 2.57 bits per heavy atom. The number of rotatable bonds is 2. The second-order valence-corrected chi connectivity index (χ2v) is 5.95. The summed E-state index contributed by atoms with van der Waals surface area (Å²) in [6, 6.07) is 7.35. The number of nitrogens with zero attached hydrogens (tertiary/aromatic N) is 1. The number of para-hydroxylation sites is 1. The normalized spacial score (nSPS) is 17.3. The van der Waals surface area contributed by atoms with E-state index in [0.717, 1.165) is 5.56 Å². The van der Waals surface area contributed by atoms with Gasteiger partial charge in [-0.25, -0.2) is 4.79 Å². The molecule has 1 aromatic carbocycles. The zero-order valence-electron chi connectivity index (χ0n) is 12.9. The molecule has 0 spiro atoms. The first-order valence-corrected chi connectivity index (χ1v) is 7.09. The minimum absolute atomic E-state index is 0.257. The molecule has 0 bridgehead atoms. The Hall–Kier alpha value is -2.04. The predicted molar refractivity (Wildman–Crippen MR) is 79.4 cm³/mol. The van der Waals surface area contributed by atoms with Gasteiger partial charge >= 0.3 is 12.1 Å². The molecule has 1 atom stereocenters. The summed E-state index contributed by atoms with van der Waals surface area (Å²) in [5.41, 5.74) is 0.945. The van der Waals surface area contributed by atoms with E-state index in [2.05, 4.69) is 0 Å². The Bertz CT molecular complexity index is 547. The van der Waals surface area contributed by atoms with Gasteiger partial charge in [-0.05, 0) is 39.3 Å². The molecule has 2 rings (SSSR count). The van der Waals surface area contributed by atoms with Crippen LogP contribution in [0.3, 0.4) is 0 Å². The maximum Gasteiger partial charge on any atom is 0.414 e. The number of amides is 1. The molecular weight excluding hydrogens is 270 g/mol. The third kappa shape index (κ3) is 3.35. The number of esters is 1. The third-order valence-corrected chi connectivity index (χ3v) is 3.15. The van der Waals surface area contributed by atoms with Crippen molar-refractivity contribution in [2.24, 2.45) is 0 Å². The highest BCUT2D eigenvalue weighted by Gasteiger charge is 2.38. The molecule has 0 saturated carbocycles. The Kier molecular flexibility index (Phi) is 4.21. The van der Waals surface area contributed by atoms with Crippen LogP contribution in [0.5, 0.6) is 0 Å². The van der Waals surface area contributed by atoms with E-state index in [0.29, 0.717) is 12.3 Å². The van der Waals surface area contributed by atoms with E-state index in [9.17, 15) is 9.59 Å². The summed E-state index contributed by atoms with van der Waals surface area (Å²) >= 11 is 0. The highest BCUT2D eigenvalue weighted by Crippen LogP contribution is 2.37. The Balaban J connectivity index is 2.27. The highest BCUT2D eigenvalue weighted by atomic mass is 16.6. The molecule has 1 aromatic rings. The average Bonchev–Trinajstić information content (AvgIpc) is 2.76. The molecule has 1 amide bonds. The molecule has 114 valence electrons. The van der Waals surface area contributed by atoms with Crippen LogP contribution in [0.1, 0.15) is 39.2 Å². The van der Waals surface area contributed by atoms with Crippen LogP contribution in [0, 0.1) is 0 Å². The van der Waals surface area contributed by atoms with E-state index in [1.807, 2.05) is 45.0 Å². The average molecular weight is 291 g/mol. The quantitative estimate of drug-likeness (QED) is 0.786. The van der Waals surface area contributed by atoms with Crippen LogP contribution in [0.25, 0.3) is 0 Å². The van der Waals surface area contributed by atoms with Gasteiger partial charge in [0, 0.05) is 6.54 Å². The van der Waals surface area contributed by atoms with Crippen molar-refractivity contribution in [2.45, 2.75) is 39.2 Å². The van der Waals surface area contributed by atoms with E-state index >= 15 is 0 Å². The van der Waals surface area contributed by atoms with Gasteiger partial charge < -0.3 is 9.47 Å². The number of carbonyl (C=O) groups excluding carboxylic acids is 2. The minimum atomic E-state index is -0.575. The molecule has 1 heterocycles. The molecular formula is C16H21NO4. The first-order valence-electron chi connectivity index (χ1n) is 7.09. The number of hydrogen-bond donors (Lipinski definition) is 0. The van der Waals surface area contributed by atoms with Crippen LogP contribution in [-0.2, 0) is 14.3 Å². The lowest BCUT2D eigenvalue weighted by Crippen LogP contribution is -2.37. The fourth-order valence-electron chi connectivity index (χ4n) is 2.34. The molecule has 0 radical (unpaired) electrons. The van der Waals surface area contributed by atoms with E-state index in [-0.39, 0.29) is 12.5 Å². The first-order chi connectivity index (χ1) is 9.83. The lowest BCUT2D eigenvalue weighted by molar-refractivity contribution is -0.144. The molecule has 1 aliphatic heterocycles. The molecule has 0 aromatic heterocycles. The number of benzene rings is 1. The molecule has 1 unspecified atom stereocenters. The van der Waals surface area contributed by atoms with Gasteiger partial charge in [0.05, 0.1) is 12.3 Å². The second-order valence-electron chi connectivity index (χ2n) is 5.95. The van der Waals surface area contributed by atoms with E-state index < -0.39 is 17.6 Å². The largest absolute Gasteiger partial charge is 0.465 e. The zero-order chi connectivity index (χ0) is 15.6. The lowest BCUT2D eigenvalue weighted by atomic mass is 10.0. The summed E-state index contributed by atoms with van der Waals surface area (Å²) < 4.78 is 10.5. The molecule has 0 N–H and O–H groups in total. The van der Waals surface area contributed by atoms with Crippen LogP contribution < -0.4 is 4.90 Å². The number of hydrogen-bond acceptors (Lipinski definition) is 4. The summed E-state index contributed by atoms with van der Waals surface area (Å²) in [5.74, 6) is -0.760. The smallest absolute Gasteiger partial charge is 0.414 e. The van der Waals surface area contributed by atoms with Crippen LogP contribution in [0.4, 0.5) is 10.5 Å². The van der Waals surface area contributed by atoms with Crippen molar-refractivity contribution < 1.29 is 19.1 Å². The Morgan fingerprint density at radius 2 is 1.95 bits per heavy atom. The molecule has 0 fully saturated rings. The van der Waals surface area contributed by atoms with Gasteiger partial charge in [0.25, 0.3) is 0 Å². The summed E-state index contributed by atoms with van der Waals surface area (Å²) in [7, 11) is 0. The number of ether oxygens (including phenoxy) is 2. The summed E-state index contributed by atoms with van der Waals surface area (Å²) in [6.07, 6.45) is -0.443. The molecule has 0 aliphatic carbocycles. The lowest BCUT2D eigenvalue weighted by Gasteiger charge is -2.24. The Labute approximate surface area is 124 Å². The van der Waals surface area contributed by atoms with Crippen molar-refractivity contribution in [3.8, 4) is 0 Å². The number of anilines is 1. The monoisotopic (exact) mass is 291 g/mol. The Morgan fingerprint density at radius 1 is 1.29 bits per heavy atom. The molecule has 5 heteroatoms.